The van der Waals surface area contributed by atoms with Gasteiger partial charge in [0, 0.05) is 37.3 Å². The molecule has 0 radical (unpaired) electrons. The van der Waals surface area contributed by atoms with Crippen LogP contribution in [0.5, 0.6) is 0 Å². The summed E-state index contributed by atoms with van der Waals surface area (Å²) in [5, 5.41) is 3.58. The third-order valence-corrected chi connectivity index (χ3v) is 4.33. The van der Waals surface area contributed by atoms with Gasteiger partial charge >= 0.3 is 0 Å². The molecule has 2 unspecified atom stereocenters. The number of halogens is 2. The molecule has 0 saturated carbocycles. The maximum atomic E-state index is 13.9. The molecule has 1 saturated heterocycles. The van der Waals surface area contributed by atoms with E-state index in [4.69, 9.17) is 0 Å². The molecule has 2 nitrogen and oxygen atoms in total. The van der Waals surface area contributed by atoms with Crippen molar-refractivity contribution in [2.45, 2.75) is 52.2 Å². The molecular weight excluding hydrogens is 270 g/mol. The molecule has 1 N–H and O–H groups in total. The highest BCUT2D eigenvalue weighted by molar-refractivity contribution is 5.19. The highest BCUT2D eigenvalue weighted by Crippen LogP contribution is 2.21. The average molecular weight is 296 g/mol. The number of hydrogen-bond donors (Lipinski definition) is 1. The Kier molecular flexibility index (Phi) is 5.71. The number of piperazine rings is 1. The second-order valence-corrected chi connectivity index (χ2v) is 6.37. The van der Waals surface area contributed by atoms with E-state index in [9.17, 15) is 8.78 Å². The van der Waals surface area contributed by atoms with Crippen molar-refractivity contribution in [3.8, 4) is 0 Å². The summed E-state index contributed by atoms with van der Waals surface area (Å²) in [5.74, 6) is -0.200. The topological polar surface area (TPSA) is 15.3 Å². The largest absolute Gasteiger partial charge is 0.311 e. The average Bonchev–Trinajstić information content (AvgIpc) is 2.43. The van der Waals surface area contributed by atoms with Crippen molar-refractivity contribution in [3.63, 3.8) is 0 Å². The Labute approximate surface area is 126 Å². The van der Waals surface area contributed by atoms with Crippen LogP contribution in [0.1, 0.15) is 39.2 Å². The Hall–Kier alpha value is -1.00. The molecule has 0 aromatic heterocycles. The molecule has 1 aliphatic rings. The smallest absolute Gasteiger partial charge is 0.127 e. The van der Waals surface area contributed by atoms with Crippen LogP contribution in [0.15, 0.2) is 18.2 Å². The summed E-state index contributed by atoms with van der Waals surface area (Å²) in [6.07, 6.45) is 2.25. The van der Waals surface area contributed by atoms with Crippen molar-refractivity contribution in [1.82, 2.24) is 10.2 Å². The van der Waals surface area contributed by atoms with E-state index < -0.39 is 0 Å². The quantitative estimate of drug-likeness (QED) is 0.893. The van der Waals surface area contributed by atoms with E-state index in [2.05, 4.69) is 31.0 Å². The molecule has 21 heavy (non-hydrogen) atoms. The highest BCUT2D eigenvalue weighted by Gasteiger charge is 2.29. The van der Waals surface area contributed by atoms with Crippen LogP contribution in [0.25, 0.3) is 0 Å². The zero-order chi connectivity index (χ0) is 15.4. The van der Waals surface area contributed by atoms with Crippen molar-refractivity contribution in [2.75, 3.05) is 13.1 Å². The lowest BCUT2D eigenvalue weighted by Gasteiger charge is -2.42. The molecular formula is C17H26F2N2. The summed E-state index contributed by atoms with van der Waals surface area (Å²) < 4.78 is 27.2. The predicted octanol–water partition coefficient (Wildman–Crippen LogP) is 3.56. The van der Waals surface area contributed by atoms with Gasteiger partial charge in [-0.2, -0.15) is 0 Å². The molecule has 1 aromatic rings. The molecule has 4 heteroatoms. The predicted molar refractivity (Wildman–Crippen MR) is 82.1 cm³/mol. The van der Waals surface area contributed by atoms with Crippen LogP contribution in [0.2, 0.25) is 0 Å². The highest BCUT2D eigenvalue weighted by atomic mass is 19.1. The van der Waals surface area contributed by atoms with Gasteiger partial charge in [-0.3, -0.25) is 4.90 Å². The number of hydrogen-bond acceptors (Lipinski definition) is 2. The molecule has 0 spiro atoms. The van der Waals surface area contributed by atoms with Gasteiger partial charge in [-0.25, -0.2) is 8.78 Å². The van der Waals surface area contributed by atoms with Crippen molar-refractivity contribution in [2.24, 2.45) is 5.92 Å². The second kappa shape index (κ2) is 7.32. The molecule has 118 valence electrons. The Morgan fingerprint density at radius 2 is 2.10 bits per heavy atom. The number of benzene rings is 1. The summed E-state index contributed by atoms with van der Waals surface area (Å²) in [4.78, 5) is 2.30. The molecule has 2 atom stereocenters. The normalized spacial score (nSPS) is 23.7. The van der Waals surface area contributed by atoms with Crippen molar-refractivity contribution in [1.29, 1.82) is 0 Å². The monoisotopic (exact) mass is 296 g/mol. The molecule has 0 bridgehead atoms. The van der Waals surface area contributed by atoms with Crippen molar-refractivity contribution in [3.05, 3.63) is 35.4 Å². The summed E-state index contributed by atoms with van der Waals surface area (Å²) in [7, 11) is 0. The van der Waals surface area contributed by atoms with E-state index >= 15 is 0 Å². The first-order valence-corrected chi connectivity index (χ1v) is 7.92. The van der Waals surface area contributed by atoms with Crippen LogP contribution in [-0.4, -0.2) is 30.1 Å². The van der Waals surface area contributed by atoms with E-state index in [1.807, 2.05) is 0 Å². The number of rotatable bonds is 5. The van der Waals surface area contributed by atoms with Crippen LogP contribution in [0.4, 0.5) is 8.78 Å². The van der Waals surface area contributed by atoms with Gasteiger partial charge in [0.1, 0.15) is 11.6 Å². The van der Waals surface area contributed by atoms with E-state index in [1.54, 1.807) is 0 Å². The first kappa shape index (κ1) is 16.4. The fraction of sp³-hybridized carbons (Fsp3) is 0.647. The minimum atomic E-state index is -0.368. The van der Waals surface area contributed by atoms with Crippen molar-refractivity contribution < 1.29 is 8.78 Å². The van der Waals surface area contributed by atoms with Gasteiger partial charge in [-0.1, -0.05) is 27.2 Å². The van der Waals surface area contributed by atoms with E-state index in [0.29, 0.717) is 30.1 Å². The molecule has 1 fully saturated rings. The Bertz CT molecular complexity index is 462. The fourth-order valence-electron chi connectivity index (χ4n) is 3.16. The standard InChI is InChI=1S/C17H26F2N2/c1-4-5-15-11-21(17(9-20-15)12(2)3)10-13-8-14(18)6-7-16(13)19/h6-8,12,15,17,20H,4-5,9-11H2,1-3H3. The maximum Gasteiger partial charge on any atom is 0.127 e. The van der Waals surface area contributed by atoms with Crippen LogP contribution in [0, 0.1) is 17.6 Å². The first-order chi connectivity index (χ1) is 10.0. The van der Waals surface area contributed by atoms with Crippen LogP contribution >= 0.6 is 0 Å². The first-order valence-electron chi connectivity index (χ1n) is 7.92. The van der Waals surface area contributed by atoms with Gasteiger partial charge in [0.2, 0.25) is 0 Å². The van der Waals surface area contributed by atoms with Crippen molar-refractivity contribution >= 4 is 0 Å². The second-order valence-electron chi connectivity index (χ2n) is 6.37. The van der Waals surface area contributed by atoms with Crippen LogP contribution in [-0.2, 0) is 6.54 Å². The maximum absolute atomic E-state index is 13.9. The zero-order valence-corrected chi connectivity index (χ0v) is 13.2. The third-order valence-electron chi connectivity index (χ3n) is 4.33. The fourth-order valence-corrected chi connectivity index (χ4v) is 3.16. The molecule has 0 amide bonds. The zero-order valence-electron chi connectivity index (χ0n) is 13.2. The SMILES string of the molecule is CCCC1CN(Cc2cc(F)ccc2F)C(C(C)C)CN1. The molecule has 1 aliphatic heterocycles. The Balaban J connectivity index is 2.13. The number of nitrogens with one attached hydrogen (secondary N) is 1. The molecule has 2 rings (SSSR count). The summed E-state index contributed by atoms with van der Waals surface area (Å²) >= 11 is 0. The lowest BCUT2D eigenvalue weighted by molar-refractivity contribution is 0.0873. The lowest BCUT2D eigenvalue weighted by atomic mass is 9.96. The van der Waals surface area contributed by atoms with Gasteiger partial charge < -0.3 is 5.32 Å². The van der Waals surface area contributed by atoms with Gasteiger partial charge in [0.25, 0.3) is 0 Å². The summed E-state index contributed by atoms with van der Waals surface area (Å²) in [6, 6.07) is 4.53. The minimum absolute atomic E-state index is 0.315. The Morgan fingerprint density at radius 3 is 2.76 bits per heavy atom. The van der Waals surface area contributed by atoms with Gasteiger partial charge in [0.05, 0.1) is 0 Å². The van der Waals surface area contributed by atoms with Crippen LogP contribution < -0.4 is 5.32 Å². The van der Waals surface area contributed by atoms with E-state index in [-0.39, 0.29) is 11.6 Å². The van der Waals surface area contributed by atoms with E-state index in [1.165, 1.54) is 18.2 Å². The third kappa shape index (κ3) is 4.24. The molecule has 0 aliphatic carbocycles. The van der Waals surface area contributed by atoms with Crippen LogP contribution in [0.3, 0.4) is 0 Å². The van der Waals surface area contributed by atoms with E-state index in [0.717, 1.165) is 25.9 Å². The Morgan fingerprint density at radius 1 is 1.33 bits per heavy atom. The molecule has 1 heterocycles. The molecule has 1 aromatic carbocycles. The minimum Gasteiger partial charge on any atom is -0.311 e. The van der Waals surface area contributed by atoms with Gasteiger partial charge in [-0.05, 0) is 30.5 Å². The summed E-state index contributed by atoms with van der Waals surface area (Å²) in [5.41, 5.74) is 0.456. The van der Waals surface area contributed by atoms with Gasteiger partial charge in [-0.15, -0.1) is 0 Å². The number of nitrogens with zero attached hydrogens (tertiary/aromatic N) is 1. The lowest BCUT2D eigenvalue weighted by Crippen LogP contribution is -2.57. The summed E-state index contributed by atoms with van der Waals surface area (Å²) in [6.45, 7) is 8.83. The van der Waals surface area contributed by atoms with Gasteiger partial charge in [0.15, 0.2) is 0 Å².